The Kier molecular flexibility index (Phi) is 6.75. The predicted octanol–water partition coefficient (Wildman–Crippen LogP) is 3.56. The van der Waals surface area contributed by atoms with Crippen molar-refractivity contribution in [2.75, 3.05) is 6.61 Å². The fraction of sp³-hybridized carbons (Fsp3) is 0.320. The van der Waals surface area contributed by atoms with Crippen molar-refractivity contribution in [3.05, 3.63) is 59.3 Å². The standard InChI is InChI=1S/C25H26N4O3S/c1-14(2)32-22-9-6-15(10-16(22)11-26)25-28-12-23(33-25)19-5-3-4-18-17(19)7-8-21(18)29-24(31)20(27)13-30/h3-6,9-10,12,14,20-21,30H,7-8,13,27H2,1-2H3,(H,29,31)/t20-,21+/m1/s1. The topological polar surface area (TPSA) is 121 Å². The van der Waals surface area contributed by atoms with Crippen molar-refractivity contribution >= 4 is 17.2 Å². The molecule has 7 nitrogen and oxygen atoms in total. The van der Waals surface area contributed by atoms with Crippen LogP contribution in [0.3, 0.4) is 0 Å². The number of nitrogens with two attached hydrogens (primary N) is 1. The molecule has 0 aliphatic heterocycles. The first-order valence-electron chi connectivity index (χ1n) is 10.9. The van der Waals surface area contributed by atoms with Crippen LogP contribution >= 0.6 is 11.3 Å². The number of hydrogen-bond donors (Lipinski definition) is 3. The number of carbonyl (C=O) groups is 1. The summed E-state index contributed by atoms with van der Waals surface area (Å²) in [6, 6.07) is 12.8. The van der Waals surface area contributed by atoms with Gasteiger partial charge in [-0.05, 0) is 61.6 Å². The monoisotopic (exact) mass is 462 g/mol. The first-order valence-corrected chi connectivity index (χ1v) is 11.7. The number of aliphatic hydroxyl groups is 1. The fourth-order valence-electron chi connectivity index (χ4n) is 4.04. The third-order valence-electron chi connectivity index (χ3n) is 5.60. The van der Waals surface area contributed by atoms with Crippen molar-refractivity contribution in [2.45, 2.75) is 44.9 Å². The molecule has 0 bridgehead atoms. The molecule has 1 aromatic heterocycles. The molecule has 1 amide bonds. The summed E-state index contributed by atoms with van der Waals surface area (Å²) < 4.78 is 5.72. The van der Waals surface area contributed by atoms with E-state index in [1.807, 2.05) is 50.4 Å². The number of amides is 1. The number of aromatic nitrogens is 1. The van der Waals surface area contributed by atoms with Crippen LogP contribution in [0.15, 0.2) is 42.6 Å². The van der Waals surface area contributed by atoms with E-state index in [2.05, 4.69) is 22.4 Å². The summed E-state index contributed by atoms with van der Waals surface area (Å²) in [5.41, 5.74) is 10.4. The summed E-state index contributed by atoms with van der Waals surface area (Å²) in [5, 5.41) is 22.4. The molecule has 0 spiro atoms. The van der Waals surface area contributed by atoms with Gasteiger partial charge >= 0.3 is 0 Å². The van der Waals surface area contributed by atoms with Gasteiger partial charge in [0.25, 0.3) is 0 Å². The third kappa shape index (κ3) is 4.76. The molecule has 1 aliphatic carbocycles. The molecule has 1 heterocycles. The zero-order valence-corrected chi connectivity index (χ0v) is 19.4. The van der Waals surface area contributed by atoms with Gasteiger partial charge in [0, 0.05) is 11.8 Å². The van der Waals surface area contributed by atoms with E-state index in [0.717, 1.165) is 39.4 Å². The van der Waals surface area contributed by atoms with Gasteiger partial charge in [-0.25, -0.2) is 4.98 Å². The molecular formula is C25H26N4O3S. The Bertz CT molecular complexity index is 1210. The van der Waals surface area contributed by atoms with Gasteiger partial charge in [0.2, 0.25) is 5.91 Å². The van der Waals surface area contributed by atoms with Gasteiger partial charge in [-0.1, -0.05) is 18.2 Å². The van der Waals surface area contributed by atoms with E-state index in [4.69, 9.17) is 15.6 Å². The fourth-order valence-corrected chi connectivity index (χ4v) is 5.00. The van der Waals surface area contributed by atoms with Crippen LogP contribution in [0.1, 0.15) is 43.0 Å². The SMILES string of the molecule is CC(C)Oc1ccc(-c2ncc(-c3cccc4c3CC[C@@H]4NC(=O)[C@H](N)CO)s2)cc1C#N. The number of aliphatic hydroxyl groups excluding tert-OH is 1. The highest BCUT2D eigenvalue weighted by molar-refractivity contribution is 7.18. The van der Waals surface area contributed by atoms with Crippen molar-refractivity contribution in [3.8, 4) is 32.8 Å². The molecule has 8 heteroatoms. The van der Waals surface area contributed by atoms with E-state index in [0.29, 0.717) is 11.3 Å². The number of thiazole rings is 1. The second-order valence-corrected chi connectivity index (χ2v) is 9.31. The van der Waals surface area contributed by atoms with E-state index in [-0.39, 0.29) is 24.7 Å². The van der Waals surface area contributed by atoms with Crippen LogP contribution in [0.2, 0.25) is 0 Å². The number of nitriles is 1. The molecule has 3 aromatic rings. The largest absolute Gasteiger partial charge is 0.490 e. The Balaban J connectivity index is 1.61. The minimum atomic E-state index is -0.920. The lowest BCUT2D eigenvalue weighted by Gasteiger charge is -2.17. The number of benzene rings is 2. The van der Waals surface area contributed by atoms with Crippen LogP contribution in [0.4, 0.5) is 0 Å². The van der Waals surface area contributed by atoms with Crippen LogP contribution in [-0.4, -0.2) is 34.8 Å². The van der Waals surface area contributed by atoms with Gasteiger partial charge in [0.05, 0.1) is 29.2 Å². The molecule has 2 atom stereocenters. The van der Waals surface area contributed by atoms with Crippen LogP contribution in [0, 0.1) is 11.3 Å². The number of fused-ring (bicyclic) bond motifs is 1. The molecule has 4 rings (SSSR count). The Morgan fingerprint density at radius 2 is 2.21 bits per heavy atom. The van der Waals surface area contributed by atoms with Crippen LogP contribution in [-0.2, 0) is 11.2 Å². The Labute approximate surface area is 196 Å². The molecule has 33 heavy (non-hydrogen) atoms. The lowest BCUT2D eigenvalue weighted by Crippen LogP contribution is -2.44. The number of ether oxygens (including phenoxy) is 1. The highest BCUT2D eigenvalue weighted by atomic mass is 32.1. The highest BCUT2D eigenvalue weighted by Gasteiger charge is 2.28. The van der Waals surface area contributed by atoms with Crippen LogP contribution in [0.25, 0.3) is 21.0 Å². The van der Waals surface area contributed by atoms with Gasteiger partial charge in [0.1, 0.15) is 22.9 Å². The first-order chi connectivity index (χ1) is 15.9. The van der Waals surface area contributed by atoms with E-state index in [1.54, 1.807) is 11.3 Å². The summed E-state index contributed by atoms with van der Waals surface area (Å²) in [6.07, 6.45) is 3.46. The molecule has 1 aliphatic rings. The molecule has 2 aromatic carbocycles. The molecule has 0 unspecified atom stereocenters. The maximum Gasteiger partial charge on any atom is 0.239 e. The lowest BCUT2D eigenvalue weighted by molar-refractivity contribution is -0.123. The first kappa shape index (κ1) is 22.9. The summed E-state index contributed by atoms with van der Waals surface area (Å²) in [5.74, 6) is 0.224. The van der Waals surface area contributed by atoms with E-state index in [1.165, 1.54) is 5.56 Å². The second kappa shape index (κ2) is 9.71. The van der Waals surface area contributed by atoms with Crippen LogP contribution in [0.5, 0.6) is 5.75 Å². The molecule has 170 valence electrons. The number of nitrogens with zero attached hydrogens (tertiary/aromatic N) is 2. The molecule has 0 saturated heterocycles. The van der Waals surface area contributed by atoms with Crippen molar-refractivity contribution in [2.24, 2.45) is 5.73 Å². The Morgan fingerprint density at radius 3 is 2.94 bits per heavy atom. The number of carbonyl (C=O) groups excluding carboxylic acids is 1. The highest BCUT2D eigenvalue weighted by Crippen LogP contribution is 2.41. The van der Waals surface area contributed by atoms with Gasteiger partial charge in [-0.2, -0.15) is 5.26 Å². The molecule has 0 saturated carbocycles. The van der Waals surface area contributed by atoms with Crippen molar-refractivity contribution in [3.63, 3.8) is 0 Å². The van der Waals surface area contributed by atoms with Crippen LogP contribution < -0.4 is 15.8 Å². The third-order valence-corrected chi connectivity index (χ3v) is 6.68. The number of nitrogens with one attached hydrogen (secondary N) is 1. The van der Waals surface area contributed by atoms with Gasteiger partial charge < -0.3 is 20.9 Å². The zero-order chi connectivity index (χ0) is 23.5. The van der Waals surface area contributed by atoms with Crippen molar-refractivity contribution in [1.82, 2.24) is 10.3 Å². The predicted molar refractivity (Wildman–Crippen MR) is 128 cm³/mol. The van der Waals surface area contributed by atoms with E-state index in [9.17, 15) is 10.1 Å². The normalized spacial score (nSPS) is 15.7. The molecule has 0 radical (unpaired) electrons. The maximum atomic E-state index is 12.2. The minimum absolute atomic E-state index is 0.0115. The molecule has 4 N–H and O–H groups in total. The summed E-state index contributed by atoms with van der Waals surface area (Å²) in [7, 11) is 0. The summed E-state index contributed by atoms with van der Waals surface area (Å²) in [6.45, 7) is 3.47. The molecule has 0 fully saturated rings. The zero-order valence-electron chi connectivity index (χ0n) is 18.5. The molecular weight excluding hydrogens is 436 g/mol. The summed E-state index contributed by atoms with van der Waals surface area (Å²) >= 11 is 1.57. The smallest absolute Gasteiger partial charge is 0.239 e. The second-order valence-electron chi connectivity index (χ2n) is 8.28. The van der Waals surface area contributed by atoms with Gasteiger partial charge in [0.15, 0.2) is 0 Å². The van der Waals surface area contributed by atoms with Crippen molar-refractivity contribution in [1.29, 1.82) is 5.26 Å². The average molecular weight is 463 g/mol. The Hall–Kier alpha value is -3.25. The lowest BCUT2D eigenvalue weighted by atomic mass is 10.0. The Morgan fingerprint density at radius 1 is 1.39 bits per heavy atom. The number of rotatable bonds is 7. The van der Waals surface area contributed by atoms with Gasteiger partial charge in [-0.15, -0.1) is 11.3 Å². The van der Waals surface area contributed by atoms with Crippen molar-refractivity contribution < 1.29 is 14.6 Å². The minimum Gasteiger partial charge on any atom is -0.490 e. The van der Waals surface area contributed by atoms with Gasteiger partial charge in [-0.3, -0.25) is 4.79 Å². The summed E-state index contributed by atoms with van der Waals surface area (Å²) in [4.78, 5) is 17.8. The quantitative estimate of drug-likeness (QED) is 0.494. The average Bonchev–Trinajstić information content (AvgIpc) is 3.46. The number of hydrogen-bond acceptors (Lipinski definition) is 7. The maximum absolute atomic E-state index is 12.2. The van der Waals surface area contributed by atoms with E-state index < -0.39 is 6.04 Å². The van der Waals surface area contributed by atoms with E-state index >= 15 is 0 Å².